The molecule has 27 heavy (non-hydrogen) atoms. The van der Waals surface area contributed by atoms with Crippen molar-refractivity contribution in [2.75, 3.05) is 45.8 Å². The van der Waals surface area contributed by atoms with Gasteiger partial charge in [-0.1, -0.05) is 24.6 Å². The number of aliphatic carboxylic acids is 1. The molecule has 0 aromatic heterocycles. The zero-order chi connectivity index (χ0) is 19.1. The molecule has 148 valence electrons. The van der Waals surface area contributed by atoms with Crippen LogP contribution in [0.4, 0.5) is 0 Å². The molecule has 2 aliphatic heterocycles. The number of likely N-dealkylation sites (N-methyl/N-ethyl adjacent to an activating group) is 1. The largest absolute Gasteiger partial charge is 0.481 e. The second kappa shape index (κ2) is 7.53. The summed E-state index contributed by atoms with van der Waals surface area (Å²) in [5.41, 5.74) is 5.65. The zero-order valence-corrected chi connectivity index (χ0v) is 16.9. The second-order valence-corrected chi connectivity index (χ2v) is 8.80. The van der Waals surface area contributed by atoms with E-state index >= 15 is 0 Å². The summed E-state index contributed by atoms with van der Waals surface area (Å²) < 4.78 is 0. The van der Waals surface area contributed by atoms with Gasteiger partial charge in [0.1, 0.15) is 0 Å². The molecule has 1 N–H and O–H groups in total. The molecule has 4 rings (SSSR count). The van der Waals surface area contributed by atoms with Gasteiger partial charge in [-0.25, -0.2) is 0 Å². The Bertz CT molecular complexity index is 700. The lowest BCUT2D eigenvalue weighted by Crippen LogP contribution is -2.45. The van der Waals surface area contributed by atoms with Crippen molar-refractivity contribution in [3.8, 4) is 0 Å². The molecule has 2 saturated heterocycles. The highest BCUT2D eigenvalue weighted by atomic mass is 16.4. The SMILES string of the molecule is CCN1CCN(Cc2cc(C)cc(CN3C[C@@H]4C(C(=O)O)[C@@H]4C3)c2C)CC1. The number of likely N-dealkylation sites (tertiary alicyclic amines) is 1. The van der Waals surface area contributed by atoms with Gasteiger partial charge in [0.25, 0.3) is 0 Å². The van der Waals surface area contributed by atoms with E-state index in [4.69, 9.17) is 0 Å². The third-order valence-corrected chi connectivity index (χ3v) is 7.02. The van der Waals surface area contributed by atoms with Crippen LogP contribution in [-0.2, 0) is 17.9 Å². The van der Waals surface area contributed by atoms with Crippen LogP contribution in [0.5, 0.6) is 0 Å². The molecule has 5 heteroatoms. The van der Waals surface area contributed by atoms with Crippen molar-refractivity contribution in [3.05, 3.63) is 34.4 Å². The van der Waals surface area contributed by atoms with Crippen molar-refractivity contribution >= 4 is 5.97 Å². The third-order valence-electron chi connectivity index (χ3n) is 7.02. The molecule has 5 nitrogen and oxygen atoms in total. The smallest absolute Gasteiger partial charge is 0.307 e. The molecule has 0 bridgehead atoms. The summed E-state index contributed by atoms with van der Waals surface area (Å²) >= 11 is 0. The van der Waals surface area contributed by atoms with Gasteiger partial charge in [-0.15, -0.1) is 0 Å². The normalized spacial score (nSPS) is 29.1. The van der Waals surface area contributed by atoms with Gasteiger partial charge < -0.3 is 10.0 Å². The Kier molecular flexibility index (Phi) is 5.28. The number of aryl methyl sites for hydroxylation is 1. The van der Waals surface area contributed by atoms with Gasteiger partial charge in [0.15, 0.2) is 0 Å². The molecule has 2 heterocycles. The first-order valence-electron chi connectivity index (χ1n) is 10.4. The number of piperidine rings is 1. The Morgan fingerprint density at radius 2 is 1.48 bits per heavy atom. The minimum atomic E-state index is -0.596. The molecular weight excluding hydrogens is 338 g/mol. The van der Waals surface area contributed by atoms with E-state index in [-0.39, 0.29) is 5.92 Å². The van der Waals surface area contributed by atoms with Crippen LogP contribution in [0.3, 0.4) is 0 Å². The van der Waals surface area contributed by atoms with Crippen LogP contribution in [0.1, 0.15) is 29.2 Å². The van der Waals surface area contributed by atoms with Crippen LogP contribution < -0.4 is 0 Å². The van der Waals surface area contributed by atoms with Gasteiger partial charge in [0.2, 0.25) is 0 Å². The molecule has 0 amide bonds. The average molecular weight is 372 g/mol. The highest BCUT2D eigenvalue weighted by molar-refractivity contribution is 5.74. The Morgan fingerprint density at radius 1 is 0.963 bits per heavy atom. The van der Waals surface area contributed by atoms with E-state index < -0.39 is 5.97 Å². The van der Waals surface area contributed by atoms with Crippen molar-refractivity contribution in [1.82, 2.24) is 14.7 Å². The minimum absolute atomic E-state index is 0.0720. The molecule has 3 aliphatic rings. The van der Waals surface area contributed by atoms with E-state index in [0.29, 0.717) is 11.8 Å². The predicted octanol–water partition coefficient (Wildman–Crippen LogP) is 2.20. The molecule has 1 aromatic carbocycles. The van der Waals surface area contributed by atoms with Crippen LogP contribution in [0.25, 0.3) is 0 Å². The number of carboxylic acid groups (broad SMARTS) is 1. The number of nitrogens with zero attached hydrogens (tertiary/aromatic N) is 3. The van der Waals surface area contributed by atoms with Crippen molar-refractivity contribution in [3.63, 3.8) is 0 Å². The Balaban J connectivity index is 1.39. The van der Waals surface area contributed by atoms with Crippen LogP contribution in [-0.4, -0.2) is 71.6 Å². The number of benzene rings is 1. The van der Waals surface area contributed by atoms with Crippen LogP contribution >= 0.6 is 0 Å². The summed E-state index contributed by atoms with van der Waals surface area (Å²) in [5, 5.41) is 9.21. The standard InChI is InChI=1S/C22H33N3O2/c1-4-23-5-7-24(8-6-23)11-17-9-15(2)10-18(16(17)3)12-25-13-19-20(14-25)21(19)22(26)27/h9-10,19-21H,4-8,11-14H2,1-3H3,(H,26,27)/t19-,20+,21?. The Hall–Kier alpha value is -1.43. The van der Waals surface area contributed by atoms with Gasteiger partial charge in [-0.2, -0.15) is 0 Å². The second-order valence-electron chi connectivity index (χ2n) is 8.80. The van der Waals surface area contributed by atoms with Crippen molar-refractivity contribution < 1.29 is 9.90 Å². The maximum absolute atomic E-state index is 11.2. The van der Waals surface area contributed by atoms with Gasteiger partial charge in [-0.3, -0.25) is 14.6 Å². The fourth-order valence-corrected chi connectivity index (χ4v) is 5.20. The monoisotopic (exact) mass is 371 g/mol. The molecule has 1 aromatic rings. The maximum atomic E-state index is 11.2. The number of hydrogen-bond donors (Lipinski definition) is 1. The van der Waals surface area contributed by atoms with E-state index in [1.54, 1.807) is 0 Å². The highest BCUT2D eigenvalue weighted by Crippen LogP contribution is 2.52. The fraction of sp³-hybridized carbons (Fsp3) is 0.682. The van der Waals surface area contributed by atoms with E-state index in [0.717, 1.165) is 45.8 Å². The first kappa shape index (κ1) is 18.9. The molecule has 1 aliphatic carbocycles. The summed E-state index contributed by atoms with van der Waals surface area (Å²) in [4.78, 5) is 18.8. The Labute approximate surface area is 162 Å². The van der Waals surface area contributed by atoms with Crippen LogP contribution in [0.2, 0.25) is 0 Å². The Morgan fingerprint density at radius 3 is 2.00 bits per heavy atom. The average Bonchev–Trinajstić information content (AvgIpc) is 3.16. The maximum Gasteiger partial charge on any atom is 0.307 e. The van der Waals surface area contributed by atoms with Gasteiger partial charge in [0.05, 0.1) is 5.92 Å². The summed E-state index contributed by atoms with van der Waals surface area (Å²) in [5.74, 6) is 0.114. The lowest BCUT2D eigenvalue weighted by molar-refractivity contribution is -0.139. The van der Waals surface area contributed by atoms with E-state index in [1.165, 1.54) is 35.3 Å². The van der Waals surface area contributed by atoms with Gasteiger partial charge in [-0.05, 0) is 48.9 Å². The van der Waals surface area contributed by atoms with E-state index in [1.807, 2.05) is 0 Å². The molecule has 1 saturated carbocycles. The first-order chi connectivity index (χ1) is 13.0. The number of hydrogen-bond acceptors (Lipinski definition) is 4. The lowest BCUT2D eigenvalue weighted by Gasteiger charge is -2.34. The van der Waals surface area contributed by atoms with Crippen molar-refractivity contribution in [2.24, 2.45) is 17.8 Å². The van der Waals surface area contributed by atoms with Crippen molar-refractivity contribution in [2.45, 2.75) is 33.9 Å². The molecule has 3 fully saturated rings. The molecule has 0 radical (unpaired) electrons. The lowest BCUT2D eigenvalue weighted by atomic mass is 9.98. The molecule has 0 spiro atoms. The molecular formula is C22H33N3O2. The number of piperazine rings is 1. The summed E-state index contributed by atoms with van der Waals surface area (Å²) in [6.07, 6.45) is 0. The zero-order valence-electron chi connectivity index (χ0n) is 16.9. The summed E-state index contributed by atoms with van der Waals surface area (Å²) in [6.45, 7) is 16.4. The first-order valence-corrected chi connectivity index (χ1v) is 10.4. The topological polar surface area (TPSA) is 47.0 Å². The molecule has 1 unspecified atom stereocenters. The number of fused-ring (bicyclic) bond motifs is 1. The number of carbonyl (C=O) groups is 1. The van der Waals surface area contributed by atoms with Crippen molar-refractivity contribution in [1.29, 1.82) is 0 Å². The van der Waals surface area contributed by atoms with E-state index in [9.17, 15) is 9.90 Å². The highest BCUT2D eigenvalue weighted by Gasteiger charge is 2.59. The van der Waals surface area contributed by atoms with Gasteiger partial charge >= 0.3 is 5.97 Å². The van der Waals surface area contributed by atoms with Crippen LogP contribution in [0.15, 0.2) is 12.1 Å². The number of carboxylic acids is 1. The van der Waals surface area contributed by atoms with E-state index in [2.05, 4.69) is 47.6 Å². The summed E-state index contributed by atoms with van der Waals surface area (Å²) in [6, 6.07) is 4.68. The number of rotatable bonds is 6. The van der Waals surface area contributed by atoms with Gasteiger partial charge in [0, 0.05) is 52.4 Å². The van der Waals surface area contributed by atoms with Crippen LogP contribution in [0, 0.1) is 31.6 Å². The molecule has 3 atom stereocenters. The fourth-order valence-electron chi connectivity index (χ4n) is 5.20. The summed E-state index contributed by atoms with van der Waals surface area (Å²) in [7, 11) is 0. The predicted molar refractivity (Wildman–Crippen MR) is 107 cm³/mol. The quantitative estimate of drug-likeness (QED) is 0.831. The minimum Gasteiger partial charge on any atom is -0.481 e. The third kappa shape index (κ3) is 3.91.